The number of nitrogens with zero attached hydrogens (tertiary/aromatic N) is 3. The number of fused-ring (bicyclic) bond motifs is 2. The molecule has 6 heteroatoms. The summed E-state index contributed by atoms with van der Waals surface area (Å²) in [6, 6.07) is 10.5. The van der Waals surface area contributed by atoms with Crippen molar-refractivity contribution in [1.82, 2.24) is 14.7 Å². The molecule has 1 fully saturated rings. The molecule has 4 heterocycles. The van der Waals surface area contributed by atoms with Crippen LogP contribution in [0.3, 0.4) is 0 Å². The van der Waals surface area contributed by atoms with Crippen LogP contribution < -0.4 is 15.8 Å². The Morgan fingerprint density at radius 2 is 2.03 bits per heavy atom. The zero-order valence-corrected chi connectivity index (χ0v) is 16.9. The monoisotopic (exact) mass is 388 g/mol. The van der Waals surface area contributed by atoms with Crippen LogP contribution in [0.1, 0.15) is 18.3 Å². The Balaban J connectivity index is 1.58. The Hall–Kier alpha value is -3.12. The molecule has 5 rings (SSSR count). The molecule has 3 aromatic heterocycles. The molecule has 6 nitrogen and oxygen atoms in total. The van der Waals surface area contributed by atoms with Gasteiger partial charge in [0.2, 0.25) is 0 Å². The normalized spacial score (nSPS) is 17.3. The fraction of sp³-hybridized carbons (Fsp3) is 0.304. The molecule has 1 aromatic carbocycles. The number of hydrogen-bond acceptors (Lipinski definition) is 5. The van der Waals surface area contributed by atoms with E-state index in [0.29, 0.717) is 17.2 Å². The van der Waals surface area contributed by atoms with Gasteiger partial charge in [0.25, 0.3) is 0 Å². The molecule has 0 amide bonds. The maximum Gasteiger partial charge on any atom is 0.344 e. The van der Waals surface area contributed by atoms with Crippen LogP contribution in [0.15, 0.2) is 51.9 Å². The molecule has 1 aliphatic heterocycles. The van der Waals surface area contributed by atoms with Gasteiger partial charge in [-0.2, -0.15) is 0 Å². The molecule has 0 spiro atoms. The minimum atomic E-state index is -0.318. The van der Waals surface area contributed by atoms with Gasteiger partial charge in [-0.15, -0.1) is 0 Å². The highest BCUT2D eigenvalue weighted by Gasteiger charge is 2.17. The van der Waals surface area contributed by atoms with Crippen LogP contribution in [-0.4, -0.2) is 35.1 Å². The minimum absolute atomic E-state index is 0.318. The molecule has 0 aliphatic carbocycles. The Morgan fingerprint density at radius 3 is 2.86 bits per heavy atom. The van der Waals surface area contributed by atoms with Gasteiger partial charge in [-0.1, -0.05) is 0 Å². The van der Waals surface area contributed by atoms with Gasteiger partial charge in [0.05, 0.1) is 22.5 Å². The first-order valence-corrected chi connectivity index (χ1v) is 10.0. The minimum Gasteiger partial charge on any atom is -0.422 e. The van der Waals surface area contributed by atoms with Crippen LogP contribution in [0, 0.1) is 13.8 Å². The predicted molar refractivity (Wildman–Crippen MR) is 116 cm³/mol. The number of hydrogen-bond donors (Lipinski definition) is 1. The predicted octanol–water partition coefficient (Wildman–Crippen LogP) is 3.52. The fourth-order valence-corrected chi connectivity index (χ4v) is 4.24. The Bertz CT molecular complexity index is 1290. The lowest BCUT2D eigenvalue weighted by atomic mass is 10.1. The maximum absolute atomic E-state index is 12.8. The van der Waals surface area contributed by atoms with Crippen molar-refractivity contribution in [2.24, 2.45) is 0 Å². The van der Waals surface area contributed by atoms with E-state index in [1.54, 1.807) is 0 Å². The van der Waals surface area contributed by atoms with E-state index in [9.17, 15) is 4.79 Å². The molecule has 4 aromatic rings. The smallest absolute Gasteiger partial charge is 0.344 e. The van der Waals surface area contributed by atoms with Crippen molar-refractivity contribution in [3.8, 4) is 11.1 Å². The van der Waals surface area contributed by atoms with Gasteiger partial charge in [-0.05, 0) is 45.0 Å². The van der Waals surface area contributed by atoms with Gasteiger partial charge in [0, 0.05) is 60.8 Å². The van der Waals surface area contributed by atoms with Crippen LogP contribution in [0.25, 0.3) is 27.6 Å². The van der Waals surface area contributed by atoms with Crippen LogP contribution in [0.2, 0.25) is 0 Å². The summed E-state index contributed by atoms with van der Waals surface area (Å²) < 4.78 is 7.75. The first-order chi connectivity index (χ1) is 14.0. The number of piperazine rings is 1. The summed E-state index contributed by atoms with van der Waals surface area (Å²) in [5, 5.41) is 4.37. The lowest BCUT2D eigenvalue weighted by Gasteiger charge is -2.33. The molecule has 1 aliphatic rings. The SMILES string of the molecule is Cc1cn2cc(-c3cc4ccc(N5CCN[C@@H](C)C5)cc4oc3=O)cc2c(C)n1. The highest BCUT2D eigenvalue weighted by atomic mass is 16.4. The highest BCUT2D eigenvalue weighted by molar-refractivity contribution is 5.85. The third-order valence-corrected chi connectivity index (χ3v) is 5.65. The molecule has 0 bridgehead atoms. The van der Waals surface area contributed by atoms with E-state index >= 15 is 0 Å². The van der Waals surface area contributed by atoms with E-state index in [0.717, 1.165) is 53.2 Å². The molecule has 0 radical (unpaired) electrons. The highest BCUT2D eigenvalue weighted by Crippen LogP contribution is 2.27. The number of aryl methyl sites for hydroxylation is 2. The third-order valence-electron chi connectivity index (χ3n) is 5.65. The number of benzene rings is 1. The Kier molecular flexibility index (Phi) is 4.17. The maximum atomic E-state index is 12.8. The van der Waals surface area contributed by atoms with E-state index in [1.165, 1.54) is 0 Å². The summed E-state index contributed by atoms with van der Waals surface area (Å²) in [7, 11) is 0. The van der Waals surface area contributed by atoms with Crippen molar-refractivity contribution in [2.75, 3.05) is 24.5 Å². The van der Waals surface area contributed by atoms with Crippen LogP contribution in [0.5, 0.6) is 0 Å². The third kappa shape index (κ3) is 3.19. The second kappa shape index (κ2) is 6.74. The molecule has 0 saturated carbocycles. The zero-order chi connectivity index (χ0) is 20.1. The van der Waals surface area contributed by atoms with Crippen molar-refractivity contribution in [2.45, 2.75) is 26.8 Å². The molecule has 148 valence electrons. The van der Waals surface area contributed by atoms with Crippen molar-refractivity contribution < 1.29 is 4.42 Å². The van der Waals surface area contributed by atoms with Crippen LogP contribution in [0.4, 0.5) is 5.69 Å². The molecular weight excluding hydrogens is 364 g/mol. The molecule has 1 N–H and O–H groups in total. The van der Waals surface area contributed by atoms with E-state index in [-0.39, 0.29) is 5.63 Å². The summed E-state index contributed by atoms with van der Waals surface area (Å²) >= 11 is 0. The largest absolute Gasteiger partial charge is 0.422 e. The zero-order valence-electron chi connectivity index (χ0n) is 16.9. The van der Waals surface area contributed by atoms with E-state index in [1.807, 2.05) is 54.9 Å². The average molecular weight is 388 g/mol. The van der Waals surface area contributed by atoms with Gasteiger partial charge in [-0.25, -0.2) is 4.79 Å². The summed E-state index contributed by atoms with van der Waals surface area (Å²) in [5.41, 5.74) is 5.69. The van der Waals surface area contributed by atoms with Crippen molar-refractivity contribution in [1.29, 1.82) is 0 Å². The molecule has 1 atom stereocenters. The average Bonchev–Trinajstić information content (AvgIpc) is 3.11. The van der Waals surface area contributed by atoms with Gasteiger partial charge in [-0.3, -0.25) is 4.98 Å². The summed E-state index contributed by atoms with van der Waals surface area (Å²) in [6.45, 7) is 8.97. The second-order valence-corrected chi connectivity index (χ2v) is 7.96. The second-order valence-electron chi connectivity index (χ2n) is 7.96. The quantitative estimate of drug-likeness (QED) is 0.533. The van der Waals surface area contributed by atoms with Crippen molar-refractivity contribution >= 4 is 22.2 Å². The number of rotatable bonds is 2. The van der Waals surface area contributed by atoms with Crippen molar-refractivity contribution in [3.63, 3.8) is 0 Å². The Morgan fingerprint density at radius 1 is 1.17 bits per heavy atom. The summed E-state index contributed by atoms with van der Waals surface area (Å²) in [4.78, 5) is 19.6. The summed E-state index contributed by atoms with van der Waals surface area (Å²) in [6.07, 6.45) is 3.93. The Labute approximate surface area is 168 Å². The first kappa shape index (κ1) is 17.9. The van der Waals surface area contributed by atoms with E-state index < -0.39 is 0 Å². The standard InChI is InChI=1S/C23H24N4O2/c1-14-11-26(7-6-24-14)19-5-4-17-8-20(23(28)29-22(17)10-19)18-9-21-16(3)25-15(2)12-27(21)13-18/h4-5,8-10,12-14,24H,6-7,11H2,1-3H3/t14-/m0/s1. The van der Waals surface area contributed by atoms with E-state index in [4.69, 9.17) is 4.42 Å². The van der Waals surface area contributed by atoms with Gasteiger partial charge in [0.1, 0.15) is 5.58 Å². The van der Waals surface area contributed by atoms with Crippen molar-refractivity contribution in [3.05, 3.63) is 64.5 Å². The van der Waals surface area contributed by atoms with Crippen LogP contribution >= 0.6 is 0 Å². The van der Waals surface area contributed by atoms with E-state index in [2.05, 4.69) is 28.2 Å². The number of aromatic nitrogens is 2. The molecular formula is C23H24N4O2. The lowest BCUT2D eigenvalue weighted by molar-refractivity contribution is 0.484. The molecule has 0 unspecified atom stereocenters. The van der Waals surface area contributed by atoms with Gasteiger partial charge >= 0.3 is 5.63 Å². The number of anilines is 1. The first-order valence-electron chi connectivity index (χ1n) is 10.0. The van der Waals surface area contributed by atoms with Gasteiger partial charge < -0.3 is 19.0 Å². The number of nitrogens with one attached hydrogen (secondary N) is 1. The van der Waals surface area contributed by atoms with Gasteiger partial charge in [0.15, 0.2) is 0 Å². The topological polar surface area (TPSA) is 62.8 Å². The van der Waals surface area contributed by atoms with Crippen LogP contribution in [-0.2, 0) is 0 Å². The summed E-state index contributed by atoms with van der Waals surface area (Å²) in [5.74, 6) is 0. The fourth-order valence-electron chi connectivity index (χ4n) is 4.24. The molecule has 29 heavy (non-hydrogen) atoms. The lowest BCUT2D eigenvalue weighted by Crippen LogP contribution is -2.49. The molecule has 1 saturated heterocycles.